The smallest absolute Gasteiger partial charge is 0.0533 e. The molecule has 0 unspecified atom stereocenters. The zero-order chi connectivity index (χ0) is 11.3. The first-order valence-corrected chi connectivity index (χ1v) is 6.47. The number of nitrogens with one attached hydrogen (secondary N) is 1. The van der Waals surface area contributed by atoms with E-state index in [1.807, 2.05) is 23.1 Å². The summed E-state index contributed by atoms with van der Waals surface area (Å²) < 4.78 is 1.98. The molecule has 1 aromatic rings. The lowest BCUT2D eigenvalue weighted by molar-refractivity contribution is 0.207. The van der Waals surface area contributed by atoms with Crippen LogP contribution in [-0.2, 0) is 6.54 Å². The van der Waals surface area contributed by atoms with E-state index in [0.29, 0.717) is 5.41 Å². The summed E-state index contributed by atoms with van der Waals surface area (Å²) in [6.45, 7) is 5.59. The molecule has 0 atom stereocenters. The van der Waals surface area contributed by atoms with Crippen LogP contribution in [0.1, 0.15) is 39.0 Å². The Hall–Kier alpha value is -0.830. The van der Waals surface area contributed by atoms with Gasteiger partial charge in [0.05, 0.1) is 6.54 Å². The number of aromatic nitrogens is 2. The third kappa shape index (κ3) is 3.34. The van der Waals surface area contributed by atoms with Gasteiger partial charge in [-0.25, -0.2) is 0 Å². The molecule has 0 amide bonds. The molecule has 3 heteroatoms. The van der Waals surface area contributed by atoms with E-state index < -0.39 is 0 Å². The molecule has 3 nitrogen and oxygen atoms in total. The van der Waals surface area contributed by atoms with Gasteiger partial charge in [-0.2, -0.15) is 5.10 Å². The van der Waals surface area contributed by atoms with Crippen molar-refractivity contribution in [2.24, 2.45) is 5.41 Å². The van der Waals surface area contributed by atoms with Crippen LogP contribution >= 0.6 is 0 Å². The molecule has 1 aromatic heterocycles. The first-order chi connectivity index (χ1) is 7.79. The molecule has 0 bridgehead atoms. The molecule has 0 radical (unpaired) electrons. The second-order valence-electron chi connectivity index (χ2n) is 5.32. The van der Waals surface area contributed by atoms with E-state index in [9.17, 15) is 0 Å². The van der Waals surface area contributed by atoms with E-state index in [1.54, 1.807) is 0 Å². The minimum absolute atomic E-state index is 0.544. The molecule has 90 valence electrons. The average Bonchev–Trinajstić information content (AvgIpc) is 2.78. The highest BCUT2D eigenvalue weighted by molar-refractivity contribution is 4.81. The van der Waals surface area contributed by atoms with Crippen LogP contribution in [0.3, 0.4) is 0 Å². The minimum Gasteiger partial charge on any atom is -0.314 e. The summed E-state index contributed by atoms with van der Waals surface area (Å²) in [6, 6.07) is 1.97. The fourth-order valence-corrected chi connectivity index (χ4v) is 2.60. The molecule has 1 N–H and O–H groups in total. The first kappa shape index (κ1) is 11.6. The van der Waals surface area contributed by atoms with Crippen molar-refractivity contribution in [1.29, 1.82) is 0 Å². The minimum atomic E-state index is 0.544. The van der Waals surface area contributed by atoms with Crippen molar-refractivity contribution in [3.63, 3.8) is 0 Å². The van der Waals surface area contributed by atoms with Gasteiger partial charge in [-0.15, -0.1) is 0 Å². The summed E-state index contributed by atoms with van der Waals surface area (Å²) in [6.07, 6.45) is 10.9. The van der Waals surface area contributed by atoms with Crippen LogP contribution in [0.4, 0.5) is 0 Å². The Morgan fingerprint density at radius 1 is 1.31 bits per heavy atom. The Morgan fingerprint density at radius 2 is 2.12 bits per heavy atom. The lowest BCUT2D eigenvalue weighted by Gasteiger charge is -2.33. The van der Waals surface area contributed by atoms with Gasteiger partial charge in [0.1, 0.15) is 0 Å². The van der Waals surface area contributed by atoms with Gasteiger partial charge in [0.25, 0.3) is 0 Å². The molecular weight excluding hydrogens is 198 g/mol. The summed E-state index contributed by atoms with van der Waals surface area (Å²) in [4.78, 5) is 0. The highest BCUT2D eigenvalue weighted by Gasteiger charge is 2.25. The maximum atomic E-state index is 4.19. The van der Waals surface area contributed by atoms with Gasteiger partial charge in [0, 0.05) is 25.5 Å². The van der Waals surface area contributed by atoms with Crippen molar-refractivity contribution >= 4 is 0 Å². The number of hydrogen-bond acceptors (Lipinski definition) is 2. The van der Waals surface area contributed by atoms with Gasteiger partial charge in [0.15, 0.2) is 0 Å². The molecule has 0 aromatic carbocycles. The van der Waals surface area contributed by atoms with E-state index in [2.05, 4.69) is 17.3 Å². The quantitative estimate of drug-likeness (QED) is 0.774. The Bertz CT molecular complexity index is 286. The van der Waals surface area contributed by atoms with Crippen molar-refractivity contribution < 1.29 is 0 Å². The topological polar surface area (TPSA) is 29.9 Å². The fourth-order valence-electron chi connectivity index (χ4n) is 2.60. The second-order valence-corrected chi connectivity index (χ2v) is 5.32. The van der Waals surface area contributed by atoms with Crippen molar-refractivity contribution in [3.05, 3.63) is 18.5 Å². The van der Waals surface area contributed by atoms with Crippen molar-refractivity contribution in [2.75, 3.05) is 13.1 Å². The largest absolute Gasteiger partial charge is 0.314 e. The van der Waals surface area contributed by atoms with Gasteiger partial charge < -0.3 is 5.32 Å². The number of hydrogen-bond donors (Lipinski definition) is 1. The average molecular weight is 221 g/mol. The predicted molar refractivity (Wildman–Crippen MR) is 66.3 cm³/mol. The molecule has 2 rings (SSSR count). The van der Waals surface area contributed by atoms with Gasteiger partial charge in [-0.3, -0.25) is 4.68 Å². The molecule has 0 aliphatic heterocycles. The molecule has 16 heavy (non-hydrogen) atoms. The first-order valence-electron chi connectivity index (χ1n) is 6.47. The molecular formula is C13H23N3. The van der Waals surface area contributed by atoms with Crippen LogP contribution in [0.2, 0.25) is 0 Å². The van der Waals surface area contributed by atoms with Crippen LogP contribution in [0, 0.1) is 5.41 Å². The molecule has 0 spiro atoms. The Kier molecular flexibility index (Phi) is 3.99. The zero-order valence-corrected chi connectivity index (χ0v) is 10.3. The summed E-state index contributed by atoms with van der Waals surface area (Å²) in [7, 11) is 0. The Morgan fingerprint density at radius 3 is 2.81 bits per heavy atom. The Balaban J connectivity index is 1.63. The summed E-state index contributed by atoms with van der Waals surface area (Å²) in [5, 5.41) is 7.77. The van der Waals surface area contributed by atoms with Crippen LogP contribution in [0.15, 0.2) is 18.5 Å². The van der Waals surface area contributed by atoms with Crippen LogP contribution < -0.4 is 5.32 Å². The van der Waals surface area contributed by atoms with E-state index >= 15 is 0 Å². The molecule has 1 saturated carbocycles. The maximum absolute atomic E-state index is 4.19. The van der Waals surface area contributed by atoms with Crippen LogP contribution in [0.5, 0.6) is 0 Å². The van der Waals surface area contributed by atoms with E-state index in [1.165, 1.54) is 32.1 Å². The van der Waals surface area contributed by atoms with Crippen LogP contribution in [-0.4, -0.2) is 22.9 Å². The van der Waals surface area contributed by atoms with Gasteiger partial charge in [-0.1, -0.05) is 26.2 Å². The normalized spacial score (nSPS) is 19.8. The predicted octanol–water partition coefficient (Wildman–Crippen LogP) is 2.44. The standard InChI is InChI=1S/C13H23N3/c1-13(6-3-2-4-7-13)12-14-9-11-16-10-5-8-15-16/h5,8,10,14H,2-4,6-7,9,11-12H2,1H3. The van der Waals surface area contributed by atoms with Crippen molar-refractivity contribution in [2.45, 2.75) is 45.6 Å². The summed E-state index contributed by atoms with van der Waals surface area (Å²) in [5.41, 5.74) is 0.544. The second kappa shape index (κ2) is 5.48. The fraction of sp³-hybridized carbons (Fsp3) is 0.769. The lowest BCUT2D eigenvalue weighted by Crippen LogP contribution is -2.35. The van der Waals surface area contributed by atoms with Crippen molar-refractivity contribution in [1.82, 2.24) is 15.1 Å². The molecule has 1 aliphatic rings. The zero-order valence-electron chi connectivity index (χ0n) is 10.3. The number of nitrogens with zero attached hydrogens (tertiary/aromatic N) is 2. The van der Waals surface area contributed by atoms with Gasteiger partial charge in [-0.05, 0) is 24.3 Å². The van der Waals surface area contributed by atoms with E-state index in [4.69, 9.17) is 0 Å². The van der Waals surface area contributed by atoms with E-state index in [0.717, 1.165) is 19.6 Å². The monoisotopic (exact) mass is 221 g/mol. The third-order valence-corrected chi connectivity index (χ3v) is 3.69. The summed E-state index contributed by atoms with van der Waals surface area (Å²) in [5.74, 6) is 0. The molecule has 1 heterocycles. The van der Waals surface area contributed by atoms with Gasteiger partial charge >= 0.3 is 0 Å². The van der Waals surface area contributed by atoms with Crippen LogP contribution in [0.25, 0.3) is 0 Å². The number of rotatable bonds is 5. The SMILES string of the molecule is CC1(CNCCn2cccn2)CCCCC1. The molecule has 1 fully saturated rings. The highest BCUT2D eigenvalue weighted by atomic mass is 15.3. The van der Waals surface area contributed by atoms with E-state index in [-0.39, 0.29) is 0 Å². The Labute approximate surface area is 98.2 Å². The maximum Gasteiger partial charge on any atom is 0.0533 e. The lowest BCUT2D eigenvalue weighted by atomic mass is 9.76. The summed E-state index contributed by atoms with van der Waals surface area (Å²) >= 11 is 0. The highest BCUT2D eigenvalue weighted by Crippen LogP contribution is 2.34. The van der Waals surface area contributed by atoms with Gasteiger partial charge in [0.2, 0.25) is 0 Å². The van der Waals surface area contributed by atoms with Crippen molar-refractivity contribution in [3.8, 4) is 0 Å². The third-order valence-electron chi connectivity index (χ3n) is 3.69. The molecule has 1 aliphatic carbocycles. The molecule has 0 saturated heterocycles.